The second-order valence-electron chi connectivity index (χ2n) is 3.40. The molecule has 0 aliphatic carbocycles. The molecule has 0 aromatic carbocycles. The number of rotatable bonds is 3. The van der Waals surface area contributed by atoms with E-state index in [1.807, 2.05) is 0 Å². The third kappa shape index (κ3) is 3.30. The van der Waals surface area contributed by atoms with Crippen LogP contribution in [0.2, 0.25) is 0 Å². The molecule has 13 heavy (non-hydrogen) atoms. The summed E-state index contributed by atoms with van der Waals surface area (Å²) < 4.78 is 0.898. The quantitative estimate of drug-likeness (QED) is 0.888. The average molecular weight is 244 g/mol. The molecule has 1 rings (SSSR count). The summed E-state index contributed by atoms with van der Waals surface area (Å²) in [5.41, 5.74) is 0. The van der Waals surface area contributed by atoms with Crippen LogP contribution in [0.15, 0.2) is 16.9 Å². The molecule has 0 fully saturated rings. The predicted molar refractivity (Wildman–Crippen MR) is 57.7 cm³/mol. The molecule has 1 aromatic rings. The molecule has 0 saturated carbocycles. The SMILES string of the molecule is CC(C)C(C)Nc1ncc(Br)cn1. The summed E-state index contributed by atoms with van der Waals surface area (Å²) in [6.07, 6.45) is 3.48. The molecule has 1 unspecified atom stereocenters. The summed E-state index contributed by atoms with van der Waals surface area (Å²) in [6.45, 7) is 6.45. The standard InChI is InChI=1S/C9H14BrN3/c1-6(2)7(3)13-9-11-4-8(10)5-12-9/h4-7H,1-3H3,(H,11,12,13). The van der Waals surface area contributed by atoms with Gasteiger partial charge in [-0.2, -0.15) is 0 Å². The van der Waals surface area contributed by atoms with Crippen LogP contribution in [0.25, 0.3) is 0 Å². The minimum Gasteiger partial charge on any atom is -0.352 e. The van der Waals surface area contributed by atoms with E-state index >= 15 is 0 Å². The van der Waals surface area contributed by atoms with Gasteiger partial charge in [0.05, 0.1) is 4.47 Å². The highest BCUT2D eigenvalue weighted by Gasteiger charge is 2.07. The Balaban J connectivity index is 2.59. The van der Waals surface area contributed by atoms with Gasteiger partial charge in [-0.1, -0.05) is 13.8 Å². The smallest absolute Gasteiger partial charge is 0.222 e. The van der Waals surface area contributed by atoms with Gasteiger partial charge in [0.15, 0.2) is 0 Å². The molecule has 0 saturated heterocycles. The Morgan fingerprint density at radius 1 is 1.23 bits per heavy atom. The Kier molecular flexibility index (Phi) is 3.66. The lowest BCUT2D eigenvalue weighted by atomic mass is 10.1. The van der Waals surface area contributed by atoms with Crippen molar-refractivity contribution in [2.24, 2.45) is 5.92 Å². The lowest BCUT2D eigenvalue weighted by Gasteiger charge is -2.16. The summed E-state index contributed by atoms with van der Waals surface area (Å²) in [4.78, 5) is 8.26. The van der Waals surface area contributed by atoms with E-state index in [2.05, 4.69) is 52.0 Å². The molecule has 0 aliphatic heterocycles. The molecular weight excluding hydrogens is 230 g/mol. The monoisotopic (exact) mass is 243 g/mol. The first-order chi connectivity index (χ1) is 6.09. The Labute approximate surface area is 87.1 Å². The summed E-state index contributed by atoms with van der Waals surface area (Å²) in [6, 6.07) is 0.390. The van der Waals surface area contributed by atoms with Crippen molar-refractivity contribution in [3.8, 4) is 0 Å². The molecule has 1 heterocycles. The zero-order valence-electron chi connectivity index (χ0n) is 8.08. The average Bonchev–Trinajstić information content (AvgIpc) is 2.08. The molecule has 1 aromatic heterocycles. The number of halogens is 1. The minimum atomic E-state index is 0.390. The lowest BCUT2D eigenvalue weighted by Crippen LogP contribution is -2.22. The van der Waals surface area contributed by atoms with Gasteiger partial charge in [0.25, 0.3) is 0 Å². The molecule has 0 radical (unpaired) electrons. The van der Waals surface area contributed by atoms with Crippen molar-refractivity contribution >= 4 is 21.9 Å². The number of nitrogens with one attached hydrogen (secondary N) is 1. The second-order valence-corrected chi connectivity index (χ2v) is 4.32. The third-order valence-electron chi connectivity index (χ3n) is 1.98. The largest absolute Gasteiger partial charge is 0.352 e. The lowest BCUT2D eigenvalue weighted by molar-refractivity contribution is 0.556. The fourth-order valence-electron chi connectivity index (χ4n) is 0.757. The van der Waals surface area contributed by atoms with Crippen molar-refractivity contribution in [1.82, 2.24) is 9.97 Å². The molecule has 0 spiro atoms. The maximum Gasteiger partial charge on any atom is 0.222 e. The minimum absolute atomic E-state index is 0.390. The van der Waals surface area contributed by atoms with Crippen LogP contribution in [0.5, 0.6) is 0 Å². The molecular formula is C9H14BrN3. The van der Waals surface area contributed by atoms with E-state index in [4.69, 9.17) is 0 Å². The van der Waals surface area contributed by atoms with E-state index in [-0.39, 0.29) is 0 Å². The normalized spacial score (nSPS) is 13.0. The van der Waals surface area contributed by atoms with Crippen LogP contribution >= 0.6 is 15.9 Å². The third-order valence-corrected chi connectivity index (χ3v) is 2.39. The van der Waals surface area contributed by atoms with E-state index in [0.717, 1.165) is 4.47 Å². The maximum atomic E-state index is 4.13. The van der Waals surface area contributed by atoms with Gasteiger partial charge in [-0.25, -0.2) is 9.97 Å². The van der Waals surface area contributed by atoms with Crippen LogP contribution in [0, 0.1) is 5.92 Å². The Morgan fingerprint density at radius 2 is 1.77 bits per heavy atom. The highest BCUT2D eigenvalue weighted by Crippen LogP contribution is 2.10. The topological polar surface area (TPSA) is 37.8 Å². The highest BCUT2D eigenvalue weighted by molar-refractivity contribution is 9.10. The van der Waals surface area contributed by atoms with Crippen molar-refractivity contribution in [2.75, 3.05) is 5.32 Å². The van der Waals surface area contributed by atoms with Gasteiger partial charge in [-0.05, 0) is 28.8 Å². The summed E-state index contributed by atoms with van der Waals surface area (Å²) in [7, 11) is 0. The van der Waals surface area contributed by atoms with Crippen LogP contribution in [-0.4, -0.2) is 16.0 Å². The van der Waals surface area contributed by atoms with Gasteiger partial charge >= 0.3 is 0 Å². The Morgan fingerprint density at radius 3 is 2.23 bits per heavy atom. The van der Waals surface area contributed by atoms with Crippen molar-refractivity contribution in [1.29, 1.82) is 0 Å². The summed E-state index contributed by atoms with van der Waals surface area (Å²) >= 11 is 3.29. The van der Waals surface area contributed by atoms with Crippen LogP contribution in [-0.2, 0) is 0 Å². The second kappa shape index (κ2) is 4.56. The fraction of sp³-hybridized carbons (Fsp3) is 0.556. The molecule has 0 aliphatic rings. The van der Waals surface area contributed by atoms with Gasteiger partial charge in [-0.15, -0.1) is 0 Å². The van der Waals surface area contributed by atoms with E-state index in [1.54, 1.807) is 12.4 Å². The highest BCUT2D eigenvalue weighted by atomic mass is 79.9. The Hall–Kier alpha value is -0.640. The van der Waals surface area contributed by atoms with Gasteiger partial charge in [0.1, 0.15) is 0 Å². The molecule has 1 N–H and O–H groups in total. The zero-order valence-corrected chi connectivity index (χ0v) is 9.67. The summed E-state index contributed by atoms with van der Waals surface area (Å²) in [5, 5.41) is 3.23. The van der Waals surface area contributed by atoms with Crippen LogP contribution < -0.4 is 5.32 Å². The number of nitrogens with zero attached hydrogens (tertiary/aromatic N) is 2. The van der Waals surface area contributed by atoms with Gasteiger partial charge in [0, 0.05) is 18.4 Å². The first-order valence-electron chi connectivity index (χ1n) is 4.33. The van der Waals surface area contributed by atoms with E-state index in [1.165, 1.54) is 0 Å². The first kappa shape index (κ1) is 10.4. The van der Waals surface area contributed by atoms with E-state index in [0.29, 0.717) is 17.9 Å². The fourth-order valence-corrected chi connectivity index (χ4v) is 0.962. The molecule has 1 atom stereocenters. The van der Waals surface area contributed by atoms with Crippen LogP contribution in [0.1, 0.15) is 20.8 Å². The van der Waals surface area contributed by atoms with Gasteiger partial charge in [-0.3, -0.25) is 0 Å². The molecule has 4 heteroatoms. The maximum absolute atomic E-state index is 4.13. The first-order valence-corrected chi connectivity index (χ1v) is 5.13. The number of anilines is 1. The van der Waals surface area contributed by atoms with E-state index in [9.17, 15) is 0 Å². The van der Waals surface area contributed by atoms with Crippen LogP contribution in [0.3, 0.4) is 0 Å². The van der Waals surface area contributed by atoms with Crippen molar-refractivity contribution in [3.63, 3.8) is 0 Å². The summed E-state index contributed by atoms with van der Waals surface area (Å²) in [5.74, 6) is 1.26. The van der Waals surface area contributed by atoms with Crippen molar-refractivity contribution in [2.45, 2.75) is 26.8 Å². The predicted octanol–water partition coefficient (Wildman–Crippen LogP) is 2.70. The molecule has 72 valence electrons. The number of hydrogen-bond donors (Lipinski definition) is 1. The van der Waals surface area contributed by atoms with Gasteiger partial charge < -0.3 is 5.32 Å². The van der Waals surface area contributed by atoms with Crippen molar-refractivity contribution in [3.05, 3.63) is 16.9 Å². The van der Waals surface area contributed by atoms with Gasteiger partial charge in [0.2, 0.25) is 5.95 Å². The van der Waals surface area contributed by atoms with Crippen LogP contribution in [0.4, 0.5) is 5.95 Å². The number of aromatic nitrogens is 2. The Bertz CT molecular complexity index is 258. The molecule has 0 bridgehead atoms. The van der Waals surface area contributed by atoms with Crippen molar-refractivity contribution < 1.29 is 0 Å². The van der Waals surface area contributed by atoms with E-state index < -0.39 is 0 Å². The zero-order chi connectivity index (χ0) is 9.84. The number of hydrogen-bond acceptors (Lipinski definition) is 3. The molecule has 0 amide bonds. The molecule has 3 nitrogen and oxygen atoms in total.